The molecule has 0 bridgehead atoms. The van der Waals surface area contributed by atoms with Crippen molar-refractivity contribution in [2.45, 2.75) is 12.6 Å². The fourth-order valence-corrected chi connectivity index (χ4v) is 4.06. The van der Waals surface area contributed by atoms with Crippen molar-refractivity contribution in [1.29, 1.82) is 0 Å². The second kappa shape index (κ2) is 8.09. The Morgan fingerprint density at radius 1 is 1.14 bits per heavy atom. The molecule has 5 nitrogen and oxygen atoms in total. The molecule has 1 aliphatic rings. The van der Waals surface area contributed by atoms with Crippen LogP contribution in [0.4, 0.5) is 19.0 Å². The van der Waals surface area contributed by atoms with Gasteiger partial charge >= 0.3 is 179 Å². The first-order valence-corrected chi connectivity index (χ1v) is 10.3. The number of piperazine rings is 1. The number of aromatic nitrogens is 3. The second-order valence-electron chi connectivity index (χ2n) is 6.75. The molecule has 2 radical (unpaired) electrons. The van der Waals surface area contributed by atoms with Gasteiger partial charge in [0.15, 0.2) is 0 Å². The zero-order chi connectivity index (χ0) is 20.6. The summed E-state index contributed by atoms with van der Waals surface area (Å²) in [5, 5.41) is 4.38. The van der Waals surface area contributed by atoms with Gasteiger partial charge in [-0.15, -0.1) is 0 Å². The summed E-state index contributed by atoms with van der Waals surface area (Å²) >= 11 is 8.77. The first-order valence-electron chi connectivity index (χ1n) is 8.98. The number of hydrogen-bond acceptors (Lipinski definition) is 5. The van der Waals surface area contributed by atoms with Gasteiger partial charge in [-0.1, -0.05) is 0 Å². The average Bonchev–Trinajstić information content (AvgIpc) is 2.68. The van der Waals surface area contributed by atoms with Crippen LogP contribution in [0.25, 0.3) is 22.2 Å². The van der Waals surface area contributed by atoms with Crippen molar-refractivity contribution in [2.75, 3.05) is 31.1 Å². The number of benzene rings is 1. The van der Waals surface area contributed by atoms with Gasteiger partial charge in [-0.05, 0) is 0 Å². The molecule has 0 saturated carbocycles. The van der Waals surface area contributed by atoms with Crippen molar-refractivity contribution in [2.24, 2.45) is 0 Å². The normalized spacial score (nSPS) is 15.1. The summed E-state index contributed by atoms with van der Waals surface area (Å²) in [5.74, 6) is 0.773. The summed E-state index contributed by atoms with van der Waals surface area (Å²) in [6.45, 7) is 3.31. The van der Waals surface area contributed by atoms with Crippen molar-refractivity contribution < 1.29 is 13.2 Å². The van der Waals surface area contributed by atoms with E-state index in [2.05, 4.69) is 42.0 Å². The molecule has 1 aromatic carbocycles. The predicted octanol–water partition coefficient (Wildman–Crippen LogP) is 2.65. The maximum absolute atomic E-state index is 13.1. The monoisotopic (exact) mass is 481 g/mol. The maximum atomic E-state index is 13.1. The molecule has 1 N–H and O–H groups in total. The first kappa shape index (κ1) is 20.4. The van der Waals surface area contributed by atoms with Crippen LogP contribution in [0.2, 0.25) is 5.02 Å². The van der Waals surface area contributed by atoms with Crippen LogP contribution in [0.15, 0.2) is 30.6 Å². The minimum atomic E-state index is -4.35. The van der Waals surface area contributed by atoms with E-state index < -0.39 is 12.6 Å². The Bertz CT molecular complexity index is 1050. The van der Waals surface area contributed by atoms with E-state index in [1.807, 2.05) is 0 Å². The van der Waals surface area contributed by atoms with Crippen LogP contribution in [0, 0.1) is 0 Å². The van der Waals surface area contributed by atoms with Gasteiger partial charge in [0.05, 0.1) is 0 Å². The average molecular weight is 482 g/mol. The van der Waals surface area contributed by atoms with Crippen LogP contribution in [-0.2, 0) is 6.42 Å². The fraction of sp³-hybridized carbons (Fsp3) is 0.316. The van der Waals surface area contributed by atoms with E-state index in [0.29, 0.717) is 20.6 Å². The summed E-state index contributed by atoms with van der Waals surface area (Å²) in [5.41, 5.74) is 1.33. The summed E-state index contributed by atoms with van der Waals surface area (Å²) in [6.07, 6.45) is -3.96. The molecule has 0 unspecified atom stereocenters. The Hall–Kier alpha value is -1.89. The van der Waals surface area contributed by atoms with Crippen LogP contribution < -0.4 is 14.7 Å². The van der Waals surface area contributed by atoms with Gasteiger partial charge in [-0.3, -0.25) is 0 Å². The Morgan fingerprint density at radius 2 is 1.90 bits per heavy atom. The van der Waals surface area contributed by atoms with E-state index in [0.717, 1.165) is 37.4 Å². The quantitative estimate of drug-likeness (QED) is 0.583. The second-order valence-corrected chi connectivity index (χ2v) is 8.12. The minimum absolute atomic E-state index is 0.0740. The number of anilines is 1. The third-order valence-corrected chi connectivity index (χ3v) is 5.57. The van der Waals surface area contributed by atoms with Crippen molar-refractivity contribution in [3.05, 3.63) is 41.2 Å². The molecular formula is C19H16AsClF3N5. The zero-order valence-corrected chi connectivity index (χ0v) is 17.8. The van der Waals surface area contributed by atoms with Crippen LogP contribution >= 0.6 is 11.6 Å². The molecule has 150 valence electrons. The molecule has 0 amide bonds. The zero-order valence-electron chi connectivity index (χ0n) is 15.2. The molecule has 3 heterocycles. The van der Waals surface area contributed by atoms with Crippen molar-refractivity contribution >= 4 is 49.7 Å². The molecular weight excluding hydrogens is 466 g/mol. The topological polar surface area (TPSA) is 53.9 Å². The van der Waals surface area contributed by atoms with Gasteiger partial charge in [-0.25, -0.2) is 0 Å². The van der Waals surface area contributed by atoms with Crippen LogP contribution in [-0.4, -0.2) is 64.2 Å². The number of nitrogens with one attached hydrogen (secondary N) is 1. The number of hydrogen-bond donors (Lipinski definition) is 1. The van der Waals surface area contributed by atoms with Gasteiger partial charge in [0.1, 0.15) is 0 Å². The van der Waals surface area contributed by atoms with Gasteiger partial charge in [0.2, 0.25) is 0 Å². The Balaban J connectivity index is 1.84. The van der Waals surface area contributed by atoms with E-state index >= 15 is 0 Å². The number of pyridine rings is 1. The van der Waals surface area contributed by atoms with Crippen LogP contribution in [0.3, 0.4) is 0 Å². The summed E-state index contributed by atoms with van der Waals surface area (Å²) in [6, 6.07) is 6.40. The third-order valence-electron chi connectivity index (χ3n) is 4.73. The molecule has 1 aliphatic heterocycles. The van der Waals surface area contributed by atoms with Gasteiger partial charge in [-0.2, -0.15) is 0 Å². The van der Waals surface area contributed by atoms with E-state index in [9.17, 15) is 13.2 Å². The van der Waals surface area contributed by atoms with Crippen molar-refractivity contribution in [1.82, 2.24) is 20.3 Å². The van der Waals surface area contributed by atoms with Crippen molar-refractivity contribution in [3.8, 4) is 11.3 Å². The molecule has 0 atom stereocenters. The molecule has 0 spiro atoms. The van der Waals surface area contributed by atoms with E-state index in [1.165, 1.54) is 12.4 Å². The van der Waals surface area contributed by atoms with Gasteiger partial charge in [0, 0.05) is 0 Å². The molecule has 2 aromatic heterocycles. The Labute approximate surface area is 179 Å². The standard InChI is InChI=1S/C19H16AsClF3N5/c20-16-2-1-11(9-19(22,23)24)17(28-16)12-8-15-13(7-14(12)21)18(27-10-26-15)29-5-3-25-4-6-29/h1-2,7-8,10,25H,3-6,9H2. The van der Waals surface area contributed by atoms with E-state index in [1.54, 1.807) is 18.2 Å². The molecule has 0 aliphatic carbocycles. The SMILES string of the molecule is FC(F)(F)Cc1ccc([As])nc1-c1cc2ncnc(N3CCNCC3)c2cc1Cl. The molecule has 10 heteroatoms. The molecule has 29 heavy (non-hydrogen) atoms. The number of alkyl halides is 3. The van der Waals surface area contributed by atoms with Crippen LogP contribution in [0.5, 0.6) is 0 Å². The Morgan fingerprint density at radius 3 is 2.62 bits per heavy atom. The molecule has 4 rings (SSSR count). The summed E-state index contributed by atoms with van der Waals surface area (Å²) in [7, 11) is 0. The number of fused-ring (bicyclic) bond motifs is 1. The van der Waals surface area contributed by atoms with E-state index in [4.69, 9.17) is 11.6 Å². The van der Waals surface area contributed by atoms with Crippen LogP contribution in [0.1, 0.15) is 5.56 Å². The summed E-state index contributed by atoms with van der Waals surface area (Å²) in [4.78, 5) is 15.2. The number of halogens is 4. The van der Waals surface area contributed by atoms with E-state index in [-0.39, 0.29) is 11.3 Å². The fourth-order valence-electron chi connectivity index (χ4n) is 3.44. The number of rotatable bonds is 3. The summed E-state index contributed by atoms with van der Waals surface area (Å²) < 4.78 is 39.7. The molecule has 1 fully saturated rings. The number of nitrogens with zero attached hydrogens (tertiary/aromatic N) is 4. The van der Waals surface area contributed by atoms with Gasteiger partial charge < -0.3 is 0 Å². The van der Waals surface area contributed by atoms with Crippen molar-refractivity contribution in [3.63, 3.8) is 0 Å². The predicted molar refractivity (Wildman–Crippen MR) is 108 cm³/mol. The first-order chi connectivity index (χ1) is 13.8. The third kappa shape index (κ3) is 4.49. The molecule has 3 aromatic rings. The molecule has 1 saturated heterocycles. The van der Waals surface area contributed by atoms with Gasteiger partial charge in [0.25, 0.3) is 0 Å². The Kier molecular flexibility index (Phi) is 5.69.